The molecule has 0 aromatic heterocycles. The minimum atomic E-state index is -4.22. The van der Waals surface area contributed by atoms with E-state index in [2.05, 4.69) is 5.32 Å². The van der Waals surface area contributed by atoms with Gasteiger partial charge < -0.3 is 15.0 Å². The number of hydrogen-bond donors (Lipinski definition) is 1. The summed E-state index contributed by atoms with van der Waals surface area (Å²) in [4.78, 5) is 30.0. The van der Waals surface area contributed by atoms with Crippen molar-refractivity contribution in [3.05, 3.63) is 125 Å². The number of methoxy groups -OCH3 is 1. The van der Waals surface area contributed by atoms with Crippen molar-refractivity contribution in [1.29, 1.82) is 0 Å². The minimum Gasteiger partial charge on any atom is -0.497 e. The Bertz CT molecular complexity index is 1730. The number of nitrogens with one attached hydrogen (secondary N) is 1. The molecule has 0 spiro atoms. The first-order valence-electron chi connectivity index (χ1n) is 15.1. The number of rotatable bonds is 14. The fraction of sp³-hybridized carbons (Fsp3) is 0.278. The van der Waals surface area contributed by atoms with Gasteiger partial charge in [0.05, 0.1) is 17.7 Å². The van der Waals surface area contributed by atoms with Crippen LogP contribution in [-0.4, -0.2) is 50.9 Å². The number of amides is 2. The van der Waals surface area contributed by atoms with Crippen molar-refractivity contribution >= 4 is 39.1 Å². The van der Waals surface area contributed by atoms with Crippen LogP contribution < -0.4 is 14.4 Å². The average molecular weight is 662 g/mol. The molecule has 1 N–H and O–H groups in total. The third-order valence-corrected chi connectivity index (χ3v) is 9.77. The van der Waals surface area contributed by atoms with E-state index in [9.17, 15) is 18.0 Å². The van der Waals surface area contributed by atoms with Gasteiger partial charge in [0.25, 0.3) is 10.0 Å². The highest BCUT2D eigenvalue weighted by Gasteiger charge is 2.35. The maximum Gasteiger partial charge on any atom is 0.264 e. The Morgan fingerprint density at radius 1 is 0.891 bits per heavy atom. The topological polar surface area (TPSA) is 96.0 Å². The second kappa shape index (κ2) is 15.8. The lowest BCUT2D eigenvalue weighted by Gasteiger charge is -2.34. The first-order valence-corrected chi connectivity index (χ1v) is 16.9. The molecule has 0 aliphatic heterocycles. The van der Waals surface area contributed by atoms with Crippen LogP contribution in [0.2, 0.25) is 5.02 Å². The lowest BCUT2D eigenvalue weighted by molar-refractivity contribution is -0.140. The van der Waals surface area contributed by atoms with E-state index in [1.54, 1.807) is 49.6 Å². The Morgan fingerprint density at radius 3 is 2.22 bits per heavy atom. The second-order valence-corrected chi connectivity index (χ2v) is 13.5. The van der Waals surface area contributed by atoms with E-state index >= 15 is 0 Å². The van der Waals surface area contributed by atoms with E-state index in [-0.39, 0.29) is 35.5 Å². The molecule has 0 fully saturated rings. The molecule has 0 unspecified atom stereocenters. The number of hydrogen-bond acceptors (Lipinski definition) is 5. The molecular formula is C36H40ClN3O5S. The number of aryl methyl sites for hydroxylation is 1. The number of carbonyl (C=O) groups is 2. The number of sulfonamides is 1. The summed E-state index contributed by atoms with van der Waals surface area (Å²) in [5.74, 6) is -0.292. The van der Waals surface area contributed by atoms with Gasteiger partial charge in [0.2, 0.25) is 11.8 Å². The molecule has 242 valence electrons. The van der Waals surface area contributed by atoms with Crippen LogP contribution in [0.4, 0.5) is 5.69 Å². The minimum absolute atomic E-state index is 0.0283. The van der Waals surface area contributed by atoms with Crippen LogP contribution in [0, 0.1) is 6.92 Å². The number of ether oxygens (including phenoxy) is 1. The molecule has 0 aliphatic rings. The van der Waals surface area contributed by atoms with Gasteiger partial charge in [0, 0.05) is 24.0 Å². The van der Waals surface area contributed by atoms with Crippen molar-refractivity contribution in [2.45, 2.75) is 57.1 Å². The van der Waals surface area contributed by atoms with Crippen LogP contribution in [0.5, 0.6) is 5.75 Å². The molecule has 0 heterocycles. The van der Waals surface area contributed by atoms with Gasteiger partial charge in [0.1, 0.15) is 18.3 Å². The summed E-state index contributed by atoms with van der Waals surface area (Å²) in [6.45, 7) is 5.20. The maximum absolute atomic E-state index is 14.6. The van der Waals surface area contributed by atoms with Crippen LogP contribution >= 0.6 is 11.6 Å². The van der Waals surface area contributed by atoms with Crippen molar-refractivity contribution in [2.24, 2.45) is 0 Å². The summed E-state index contributed by atoms with van der Waals surface area (Å²) >= 11 is 6.30. The predicted octanol–water partition coefficient (Wildman–Crippen LogP) is 6.41. The Labute approximate surface area is 277 Å². The van der Waals surface area contributed by atoms with Gasteiger partial charge in [-0.25, -0.2) is 8.42 Å². The lowest BCUT2D eigenvalue weighted by Crippen LogP contribution is -2.54. The predicted molar refractivity (Wildman–Crippen MR) is 183 cm³/mol. The Morgan fingerprint density at radius 2 is 1.57 bits per heavy atom. The molecule has 2 atom stereocenters. The Kier molecular flexibility index (Phi) is 11.8. The molecule has 2 amide bonds. The van der Waals surface area contributed by atoms with Crippen molar-refractivity contribution < 1.29 is 22.7 Å². The Hall–Kier alpha value is -4.34. The molecule has 4 aromatic carbocycles. The third kappa shape index (κ3) is 8.89. The molecule has 8 nitrogen and oxygen atoms in total. The summed E-state index contributed by atoms with van der Waals surface area (Å²) in [6, 6.07) is 28.4. The standard InChI is InChI=1S/C36H40ClN3O5S/c1-5-27(3)38-36(42)34(22-28-11-7-6-8-12-28)39(24-29-13-9-16-32(21-29)45-4)35(41)25-40(31-15-10-14-30(37)23-31)46(43,44)33-19-17-26(2)18-20-33/h6-21,23,27,34H,5,22,24-25H2,1-4H3,(H,38,42)/t27-,34-/m0/s1. The van der Waals surface area contributed by atoms with Gasteiger partial charge in [-0.3, -0.25) is 13.9 Å². The van der Waals surface area contributed by atoms with Crippen molar-refractivity contribution in [2.75, 3.05) is 18.0 Å². The molecule has 4 rings (SSSR count). The van der Waals surface area contributed by atoms with E-state index in [1.807, 2.05) is 63.2 Å². The number of anilines is 1. The second-order valence-electron chi connectivity index (χ2n) is 11.2. The summed E-state index contributed by atoms with van der Waals surface area (Å²) in [6.07, 6.45) is 0.922. The van der Waals surface area contributed by atoms with Gasteiger partial charge in [-0.05, 0) is 73.9 Å². The van der Waals surface area contributed by atoms with Gasteiger partial charge in [-0.1, -0.05) is 84.8 Å². The number of nitrogens with zero attached hydrogens (tertiary/aromatic N) is 2. The first-order chi connectivity index (χ1) is 22.0. The van der Waals surface area contributed by atoms with Crippen LogP contribution in [0.15, 0.2) is 108 Å². The van der Waals surface area contributed by atoms with E-state index in [4.69, 9.17) is 16.3 Å². The highest BCUT2D eigenvalue weighted by atomic mass is 35.5. The molecule has 46 heavy (non-hydrogen) atoms. The van der Waals surface area contributed by atoms with E-state index in [0.29, 0.717) is 17.2 Å². The molecule has 0 bridgehead atoms. The zero-order valence-corrected chi connectivity index (χ0v) is 28.1. The molecular weight excluding hydrogens is 622 g/mol. The van der Waals surface area contributed by atoms with Crippen LogP contribution in [0.1, 0.15) is 37.0 Å². The number of halogens is 1. The highest BCUT2D eigenvalue weighted by molar-refractivity contribution is 7.92. The van der Waals surface area contributed by atoms with E-state index in [0.717, 1.165) is 21.0 Å². The van der Waals surface area contributed by atoms with Crippen LogP contribution in [0.25, 0.3) is 0 Å². The smallest absolute Gasteiger partial charge is 0.264 e. The largest absolute Gasteiger partial charge is 0.497 e. The number of carbonyl (C=O) groups excluding carboxylic acids is 2. The van der Waals surface area contributed by atoms with Gasteiger partial charge >= 0.3 is 0 Å². The van der Waals surface area contributed by atoms with Crippen molar-refractivity contribution in [1.82, 2.24) is 10.2 Å². The summed E-state index contributed by atoms with van der Waals surface area (Å²) in [5, 5.41) is 3.36. The number of benzene rings is 4. The normalized spacial score (nSPS) is 12.5. The molecule has 0 aliphatic carbocycles. The van der Waals surface area contributed by atoms with Gasteiger partial charge in [-0.15, -0.1) is 0 Å². The summed E-state index contributed by atoms with van der Waals surface area (Å²) in [5.41, 5.74) is 2.70. The SMILES string of the molecule is CC[C@H](C)NC(=O)[C@H](Cc1ccccc1)N(Cc1cccc(OC)c1)C(=O)CN(c1cccc(Cl)c1)S(=O)(=O)c1ccc(C)cc1. The van der Waals surface area contributed by atoms with Crippen LogP contribution in [0.3, 0.4) is 0 Å². The zero-order chi connectivity index (χ0) is 33.3. The molecule has 0 radical (unpaired) electrons. The molecule has 0 saturated heterocycles. The monoisotopic (exact) mass is 661 g/mol. The third-order valence-electron chi connectivity index (χ3n) is 7.74. The first kappa shape index (κ1) is 34.5. The fourth-order valence-corrected chi connectivity index (χ4v) is 6.55. The van der Waals surface area contributed by atoms with E-state index in [1.165, 1.54) is 23.1 Å². The van der Waals surface area contributed by atoms with Gasteiger partial charge in [0.15, 0.2) is 0 Å². The van der Waals surface area contributed by atoms with Crippen molar-refractivity contribution in [3.63, 3.8) is 0 Å². The van der Waals surface area contributed by atoms with Crippen LogP contribution in [-0.2, 0) is 32.6 Å². The quantitative estimate of drug-likeness (QED) is 0.169. The van der Waals surface area contributed by atoms with E-state index < -0.39 is 28.5 Å². The lowest BCUT2D eigenvalue weighted by atomic mass is 10.0. The Balaban J connectivity index is 1.82. The zero-order valence-electron chi connectivity index (χ0n) is 26.5. The fourth-order valence-electron chi connectivity index (χ4n) is 4.96. The summed E-state index contributed by atoms with van der Waals surface area (Å²) in [7, 11) is -2.67. The molecule has 10 heteroatoms. The van der Waals surface area contributed by atoms with Gasteiger partial charge in [-0.2, -0.15) is 0 Å². The highest BCUT2D eigenvalue weighted by Crippen LogP contribution is 2.28. The molecule has 0 saturated carbocycles. The maximum atomic E-state index is 14.6. The molecule has 4 aromatic rings. The van der Waals surface area contributed by atoms with Crippen molar-refractivity contribution in [3.8, 4) is 5.75 Å². The summed E-state index contributed by atoms with van der Waals surface area (Å²) < 4.78 is 34.8. The average Bonchev–Trinajstić information content (AvgIpc) is 3.05.